The highest BCUT2D eigenvalue weighted by Gasteiger charge is 2.36. The standard InChI is InChI=1S/C20H13F3N2O2S/c1-12-18(26)25(19(27)28-12)17-11-24(16-8-3-2-7-15(16)17)10-13-5-4-6-14(9-13)20(21,22)23/h2-9,11H,1,10H2. The van der Waals surface area contributed by atoms with E-state index in [1.54, 1.807) is 41.1 Å². The molecule has 0 atom stereocenters. The second-order valence-corrected chi connectivity index (χ2v) is 7.34. The molecule has 0 unspecified atom stereocenters. The number of benzene rings is 2. The van der Waals surface area contributed by atoms with Crippen LogP contribution in [0.2, 0.25) is 0 Å². The normalized spacial score (nSPS) is 15.1. The number of para-hydroxylation sites is 1. The van der Waals surface area contributed by atoms with E-state index in [1.165, 1.54) is 6.07 Å². The molecule has 1 saturated heterocycles. The van der Waals surface area contributed by atoms with Crippen LogP contribution >= 0.6 is 11.8 Å². The monoisotopic (exact) mass is 402 g/mol. The molecule has 142 valence electrons. The van der Waals surface area contributed by atoms with Crippen LogP contribution < -0.4 is 4.90 Å². The minimum atomic E-state index is -4.42. The number of aromatic nitrogens is 1. The van der Waals surface area contributed by atoms with Crippen molar-refractivity contribution in [3.63, 3.8) is 0 Å². The Morgan fingerprint density at radius 2 is 1.79 bits per heavy atom. The molecule has 2 aromatic carbocycles. The fraction of sp³-hybridized carbons (Fsp3) is 0.100. The number of nitrogens with zero attached hydrogens (tertiary/aromatic N) is 2. The first-order valence-electron chi connectivity index (χ1n) is 8.25. The van der Waals surface area contributed by atoms with E-state index in [0.717, 1.165) is 28.8 Å². The van der Waals surface area contributed by atoms with Crippen molar-refractivity contribution in [2.45, 2.75) is 12.7 Å². The number of halogens is 3. The number of anilines is 1. The van der Waals surface area contributed by atoms with E-state index in [0.29, 0.717) is 22.2 Å². The summed E-state index contributed by atoms with van der Waals surface area (Å²) in [7, 11) is 0. The van der Waals surface area contributed by atoms with Crippen molar-refractivity contribution in [1.29, 1.82) is 0 Å². The van der Waals surface area contributed by atoms with Crippen molar-refractivity contribution in [3.05, 3.63) is 77.3 Å². The number of hydrogen-bond acceptors (Lipinski definition) is 3. The van der Waals surface area contributed by atoms with E-state index >= 15 is 0 Å². The van der Waals surface area contributed by atoms with Crippen molar-refractivity contribution >= 4 is 39.5 Å². The smallest absolute Gasteiger partial charge is 0.341 e. The van der Waals surface area contributed by atoms with Gasteiger partial charge in [0.2, 0.25) is 0 Å². The molecule has 0 saturated carbocycles. The largest absolute Gasteiger partial charge is 0.416 e. The highest BCUT2D eigenvalue weighted by atomic mass is 32.2. The van der Waals surface area contributed by atoms with Gasteiger partial charge in [-0.05, 0) is 35.5 Å². The molecule has 1 fully saturated rings. The first kappa shape index (κ1) is 18.4. The molecule has 4 nitrogen and oxygen atoms in total. The van der Waals surface area contributed by atoms with Gasteiger partial charge in [0.1, 0.15) is 0 Å². The maximum Gasteiger partial charge on any atom is 0.416 e. The third-order valence-corrected chi connectivity index (χ3v) is 5.23. The van der Waals surface area contributed by atoms with E-state index in [4.69, 9.17) is 0 Å². The summed E-state index contributed by atoms with van der Waals surface area (Å²) in [5, 5.41) is 0.212. The topological polar surface area (TPSA) is 42.3 Å². The van der Waals surface area contributed by atoms with Crippen LogP contribution in [0, 0.1) is 0 Å². The molecule has 0 aliphatic carbocycles. The number of amides is 2. The Bertz CT molecular complexity index is 1130. The molecule has 0 spiro atoms. The van der Waals surface area contributed by atoms with Crippen molar-refractivity contribution in [1.82, 2.24) is 4.57 Å². The predicted molar refractivity (Wildman–Crippen MR) is 102 cm³/mol. The SMILES string of the molecule is C=C1SC(=O)N(c2cn(Cc3cccc(C(F)(F)F)c3)c3ccccc23)C1=O. The molecule has 28 heavy (non-hydrogen) atoms. The zero-order valence-corrected chi connectivity index (χ0v) is 15.2. The lowest BCUT2D eigenvalue weighted by Crippen LogP contribution is -2.27. The Morgan fingerprint density at radius 3 is 2.46 bits per heavy atom. The van der Waals surface area contributed by atoms with Crippen LogP contribution in [0.4, 0.5) is 23.7 Å². The average molecular weight is 402 g/mol. The molecule has 1 aliphatic heterocycles. The van der Waals surface area contributed by atoms with Crippen molar-refractivity contribution in [2.24, 2.45) is 0 Å². The summed E-state index contributed by atoms with van der Waals surface area (Å²) < 4.78 is 40.7. The van der Waals surface area contributed by atoms with Crippen LogP contribution in [0.3, 0.4) is 0 Å². The van der Waals surface area contributed by atoms with E-state index in [9.17, 15) is 22.8 Å². The number of imide groups is 1. The number of hydrogen-bond donors (Lipinski definition) is 0. The molecular weight excluding hydrogens is 389 g/mol. The lowest BCUT2D eigenvalue weighted by molar-refractivity contribution is -0.137. The molecular formula is C20H13F3N2O2S. The quantitative estimate of drug-likeness (QED) is 0.549. The zero-order valence-electron chi connectivity index (χ0n) is 14.4. The Kier molecular flexibility index (Phi) is 4.30. The zero-order chi connectivity index (χ0) is 20.1. The van der Waals surface area contributed by atoms with E-state index in [2.05, 4.69) is 6.58 Å². The summed E-state index contributed by atoms with van der Waals surface area (Å²) in [6, 6.07) is 12.2. The minimum Gasteiger partial charge on any atom is -0.341 e. The highest BCUT2D eigenvalue weighted by molar-refractivity contribution is 8.18. The number of alkyl halides is 3. The van der Waals surface area contributed by atoms with Crippen LogP contribution in [0.1, 0.15) is 11.1 Å². The van der Waals surface area contributed by atoms with Crippen LogP contribution in [0.5, 0.6) is 0 Å². The number of rotatable bonds is 3. The number of thioether (sulfide) groups is 1. The number of fused-ring (bicyclic) bond motifs is 1. The van der Waals surface area contributed by atoms with Gasteiger partial charge in [0.25, 0.3) is 11.1 Å². The number of carbonyl (C=O) groups excluding carboxylic acids is 2. The minimum absolute atomic E-state index is 0.139. The third kappa shape index (κ3) is 3.09. The molecule has 4 rings (SSSR count). The van der Waals surface area contributed by atoms with Gasteiger partial charge in [0, 0.05) is 18.1 Å². The van der Waals surface area contributed by atoms with Gasteiger partial charge in [-0.25, -0.2) is 4.90 Å². The first-order chi connectivity index (χ1) is 13.3. The molecule has 3 aromatic rings. The van der Waals surface area contributed by atoms with Crippen LogP contribution in [-0.2, 0) is 17.5 Å². The molecule has 2 heterocycles. The second kappa shape index (κ2) is 6.56. The first-order valence-corrected chi connectivity index (χ1v) is 9.06. The van der Waals surface area contributed by atoms with Crippen LogP contribution in [0.25, 0.3) is 10.9 Å². The van der Waals surface area contributed by atoms with E-state index < -0.39 is 22.9 Å². The van der Waals surface area contributed by atoms with Gasteiger partial charge in [-0.1, -0.05) is 36.9 Å². The Balaban J connectivity index is 1.79. The van der Waals surface area contributed by atoms with Gasteiger partial charge >= 0.3 is 6.18 Å². The van der Waals surface area contributed by atoms with Crippen LogP contribution in [-0.4, -0.2) is 15.7 Å². The van der Waals surface area contributed by atoms with Gasteiger partial charge in [-0.15, -0.1) is 0 Å². The summed E-state index contributed by atoms with van der Waals surface area (Å²) >= 11 is 0.767. The fourth-order valence-corrected chi connectivity index (χ4v) is 3.85. The lowest BCUT2D eigenvalue weighted by atomic mass is 10.1. The molecule has 0 N–H and O–H groups in total. The number of carbonyl (C=O) groups is 2. The van der Waals surface area contributed by atoms with Gasteiger partial charge in [0.15, 0.2) is 0 Å². The molecule has 0 radical (unpaired) electrons. The maximum atomic E-state index is 13.0. The van der Waals surface area contributed by atoms with Crippen molar-refractivity contribution < 1.29 is 22.8 Å². The average Bonchev–Trinajstić information content (AvgIpc) is 3.11. The Hall–Kier alpha value is -3.00. The van der Waals surface area contributed by atoms with Gasteiger partial charge in [-0.2, -0.15) is 13.2 Å². The lowest BCUT2D eigenvalue weighted by Gasteiger charge is -2.11. The molecule has 8 heteroatoms. The van der Waals surface area contributed by atoms with Gasteiger partial charge in [0.05, 0.1) is 21.7 Å². The van der Waals surface area contributed by atoms with E-state index in [-0.39, 0.29) is 11.4 Å². The Labute approximate surface area is 162 Å². The molecule has 0 bridgehead atoms. The summed E-state index contributed by atoms with van der Waals surface area (Å²) in [6.45, 7) is 3.75. The van der Waals surface area contributed by atoms with Gasteiger partial charge < -0.3 is 4.57 Å². The predicted octanol–water partition coefficient (Wildman–Crippen LogP) is 5.42. The van der Waals surface area contributed by atoms with E-state index in [1.807, 2.05) is 0 Å². The summed E-state index contributed by atoms with van der Waals surface area (Å²) in [5.74, 6) is -0.489. The maximum absolute atomic E-state index is 13.0. The summed E-state index contributed by atoms with van der Waals surface area (Å²) in [5.41, 5.74) is 0.834. The molecule has 2 amide bonds. The molecule has 1 aromatic heterocycles. The fourth-order valence-electron chi connectivity index (χ4n) is 3.19. The molecule has 1 aliphatic rings. The highest BCUT2D eigenvalue weighted by Crippen LogP contribution is 2.38. The Morgan fingerprint density at radius 1 is 1.04 bits per heavy atom. The van der Waals surface area contributed by atoms with Crippen molar-refractivity contribution in [3.8, 4) is 0 Å². The second-order valence-electron chi connectivity index (χ2n) is 6.29. The van der Waals surface area contributed by atoms with Crippen LogP contribution in [0.15, 0.2) is 66.2 Å². The third-order valence-electron chi connectivity index (χ3n) is 4.45. The summed E-state index contributed by atoms with van der Waals surface area (Å²) in [6.07, 6.45) is -2.81. The van der Waals surface area contributed by atoms with Gasteiger partial charge in [-0.3, -0.25) is 9.59 Å². The van der Waals surface area contributed by atoms with Crippen molar-refractivity contribution in [2.75, 3.05) is 4.90 Å². The summed E-state index contributed by atoms with van der Waals surface area (Å²) in [4.78, 5) is 25.8.